The van der Waals surface area contributed by atoms with Crippen molar-refractivity contribution in [2.24, 2.45) is 16.9 Å². The van der Waals surface area contributed by atoms with Crippen LogP contribution >= 0.6 is 0 Å². The van der Waals surface area contributed by atoms with Crippen LogP contribution in [0.15, 0.2) is 87.9 Å². The van der Waals surface area contributed by atoms with E-state index in [1.165, 1.54) is 52.9 Å². The lowest BCUT2D eigenvalue weighted by molar-refractivity contribution is -0.143. The third-order valence-corrected chi connectivity index (χ3v) is 20.9. The van der Waals surface area contributed by atoms with Crippen molar-refractivity contribution in [3.8, 4) is 0 Å². The summed E-state index contributed by atoms with van der Waals surface area (Å²) in [6.45, 7) is 1.27. The molecule has 0 aliphatic rings. The van der Waals surface area contributed by atoms with Crippen LogP contribution in [0.4, 0.5) is 23.5 Å². The summed E-state index contributed by atoms with van der Waals surface area (Å²) < 4.78 is 5.93. The monoisotopic (exact) mass is 1930 g/mol. The van der Waals surface area contributed by atoms with Crippen LogP contribution in [0, 0.1) is 30.1 Å². The number of Topliss-reactive ketones (excluding diaryl/α,β-unsaturated/α-hetero) is 1. The number of aromatic nitrogens is 16. The van der Waals surface area contributed by atoms with Gasteiger partial charge in [0.15, 0.2) is 40.0 Å². The van der Waals surface area contributed by atoms with E-state index in [-0.39, 0.29) is 134 Å². The maximum atomic E-state index is 15.2. The van der Waals surface area contributed by atoms with Crippen molar-refractivity contribution in [3.05, 3.63) is 144 Å². The Labute approximate surface area is 782 Å². The standard InChI is InChI=1S/C80H116N38O20/c1-45-31-113(77(137)105-66(45)130)39-57(125)107(34-53(121)91-20-29-117(47(63(129)79(3,4)5)11-9-15-94-71(83)84)59(127)41-115-43-96-61-64(115)101-73(87)103-69(61)133)25-17-89-51(119)33-109(55(123)37-111-23-13-49(81)99-75(111)135)27-19-93-68(132)48(12-10-16-95-72(85)86)118(60(128)42-116-44-97-62-65(116)102-74(88)104-70(62)134)30-21-92-54(122)35-108(58(126)40-114-32-46(2)67(131)106-78(114)138)26-18-90-52(120)36-110(28-22-98-80(6,7)8)56(124)38-112-24-14-50(82)100-76(112)136/h13-14,23-24,31-32,43-44,47-48,98H,9-12,15-22,25-30,33-42H2,1-8H3,(H,89,119)(H,90,120)(H,91,121)(H,92,122)(H,93,132)(H2,81,99,135)(H2,82,100,136)(H4,83,84,94)(H4,85,86,95)(H,105,130,137)(H,106,131,138)(H3,87,101,103,133)(H3,88,102,104,134)/t47-,48-/m0/s1. The molecule has 0 saturated heterocycles. The zero-order valence-corrected chi connectivity index (χ0v) is 77.3. The van der Waals surface area contributed by atoms with Gasteiger partial charge >= 0.3 is 22.8 Å². The van der Waals surface area contributed by atoms with E-state index in [2.05, 4.69) is 92.4 Å². The van der Waals surface area contributed by atoms with E-state index in [9.17, 15) is 86.3 Å². The van der Waals surface area contributed by atoms with E-state index in [4.69, 9.17) is 45.2 Å². The Kier molecular flexibility index (Phi) is 37.8. The zero-order valence-electron chi connectivity index (χ0n) is 77.3. The summed E-state index contributed by atoms with van der Waals surface area (Å²) in [5.74, 6) is -11.8. The maximum Gasteiger partial charge on any atom is 0.349 e. The Balaban J connectivity index is 1.03. The Morgan fingerprint density at radius 1 is 0.406 bits per heavy atom. The molecule has 8 heterocycles. The molecule has 26 N–H and O–H groups in total. The summed E-state index contributed by atoms with van der Waals surface area (Å²) in [7, 11) is 0. The fourth-order valence-electron chi connectivity index (χ4n) is 13.9. The van der Waals surface area contributed by atoms with Crippen LogP contribution in [0.2, 0.25) is 0 Å². The van der Waals surface area contributed by atoms with Gasteiger partial charge in [-0.3, -0.25) is 126 Å². The average molecular weight is 1930 g/mol. The van der Waals surface area contributed by atoms with Gasteiger partial charge in [0.25, 0.3) is 22.2 Å². The molecule has 0 aliphatic heterocycles. The lowest BCUT2D eigenvalue weighted by Crippen LogP contribution is -2.54. The van der Waals surface area contributed by atoms with E-state index in [0.29, 0.717) is 0 Å². The first kappa shape index (κ1) is 107. The highest BCUT2D eigenvalue weighted by Crippen LogP contribution is 2.24. The van der Waals surface area contributed by atoms with Crippen molar-refractivity contribution in [2.45, 2.75) is 138 Å². The molecule has 0 unspecified atom stereocenters. The van der Waals surface area contributed by atoms with E-state index >= 15 is 9.59 Å². The van der Waals surface area contributed by atoms with Gasteiger partial charge in [-0.05, 0) is 72.4 Å². The Hall–Kier alpha value is -16.6. The second-order valence-corrected chi connectivity index (χ2v) is 33.8. The molecule has 58 heteroatoms. The van der Waals surface area contributed by atoms with Gasteiger partial charge in [0.1, 0.15) is 56.9 Å². The third-order valence-electron chi connectivity index (χ3n) is 20.9. The van der Waals surface area contributed by atoms with Crippen molar-refractivity contribution in [2.75, 3.05) is 141 Å². The number of hydrogen-bond acceptors (Lipinski definition) is 33. The zero-order chi connectivity index (χ0) is 102. The van der Waals surface area contributed by atoms with Crippen LogP contribution in [0.25, 0.3) is 22.3 Å². The summed E-state index contributed by atoms with van der Waals surface area (Å²) in [5, 5.41) is 37.1. The van der Waals surface area contributed by atoms with E-state index < -0.39 is 256 Å². The lowest BCUT2D eigenvalue weighted by atomic mass is 9.84. The predicted octanol–water partition coefficient (Wildman–Crippen LogP) is -11.4. The fraction of sp³-hybridized carbons (Fsp3) is 0.500. The number of fused-ring (bicyclic) bond motifs is 2. The average Bonchev–Trinajstić information content (AvgIpc) is 1.67. The van der Waals surface area contributed by atoms with E-state index in [1.807, 2.05) is 20.8 Å². The summed E-state index contributed by atoms with van der Waals surface area (Å²) in [4.78, 5) is 314. The van der Waals surface area contributed by atoms with E-state index in [1.54, 1.807) is 20.8 Å². The molecule has 8 aromatic heterocycles. The van der Waals surface area contributed by atoms with Crippen LogP contribution in [-0.4, -0.2) is 325 Å². The summed E-state index contributed by atoms with van der Waals surface area (Å²) >= 11 is 0. The first-order valence-corrected chi connectivity index (χ1v) is 43.2. The van der Waals surface area contributed by atoms with Crippen molar-refractivity contribution in [1.29, 1.82) is 10.8 Å². The fourth-order valence-corrected chi connectivity index (χ4v) is 13.9. The van der Waals surface area contributed by atoms with Gasteiger partial charge in [0.05, 0.1) is 44.9 Å². The second-order valence-electron chi connectivity index (χ2n) is 33.8. The van der Waals surface area contributed by atoms with Crippen molar-refractivity contribution >= 4 is 129 Å². The van der Waals surface area contributed by atoms with Crippen molar-refractivity contribution in [3.63, 3.8) is 0 Å². The Morgan fingerprint density at radius 3 is 1.09 bits per heavy atom. The number of carbonyl (C=O) groups excluding carboxylic acids is 12. The number of rotatable bonds is 50. The van der Waals surface area contributed by atoms with Gasteiger partial charge in [0.2, 0.25) is 76.9 Å². The Morgan fingerprint density at radius 2 is 0.739 bits per heavy atom. The molecule has 0 spiro atoms. The number of hydrogen-bond donors (Lipinski definition) is 20. The number of aryl methyl sites for hydroxylation is 2. The Bertz CT molecular complexity index is 6360. The molecule has 0 fully saturated rings. The molecule has 8 aromatic rings. The SMILES string of the molecule is Cc1cn(CC(=O)N(CCNC(=O)CN(CCNC(C)(C)C)C(=O)Cn2ccc(N)nc2=O)CC(=O)NCCN(C(=O)Cn2cnc3c(=O)[nH]c(N)nc32)[C@@H](CCCNC(=N)N)C(=O)NCCN(CC(=O)NCCN(CC(=O)NCCN(C(=O)Cn2cnc3c(=O)[nH]c(N)nc32)[C@@H](CCCNC(=N)N)C(=O)C(C)(C)C)C(=O)Cn2cc(C)c(=O)[nH]c2=O)C(=O)Cn2ccc(N)nc2=O)c(=O)[nH]c1=O. The van der Waals surface area contributed by atoms with Gasteiger partial charge in [-0.1, -0.05) is 20.8 Å². The molecule has 0 aliphatic carbocycles. The molecule has 0 aromatic carbocycles. The number of anilines is 4. The number of H-pyrrole nitrogens is 4. The molecule has 58 nitrogen and oxygen atoms in total. The highest BCUT2D eigenvalue weighted by Gasteiger charge is 2.38. The molecule has 0 radical (unpaired) electrons. The molecule has 138 heavy (non-hydrogen) atoms. The van der Waals surface area contributed by atoms with Gasteiger partial charge in [0, 0.05) is 138 Å². The third kappa shape index (κ3) is 32.1. The molecule has 746 valence electrons. The number of nitrogen functional groups attached to an aromatic ring is 4. The summed E-state index contributed by atoms with van der Waals surface area (Å²) in [6.07, 6.45) is 6.73. The summed E-state index contributed by atoms with van der Waals surface area (Å²) in [5.41, 5.74) is 25.4. The van der Waals surface area contributed by atoms with Gasteiger partial charge in [-0.25, -0.2) is 29.1 Å². The topological polar surface area (TPSA) is 831 Å². The number of imidazole rings is 2. The van der Waals surface area contributed by atoms with Crippen molar-refractivity contribution < 1.29 is 57.5 Å². The molecule has 2 atom stereocenters. The molecule has 8 rings (SSSR count). The second kappa shape index (κ2) is 48.8. The van der Waals surface area contributed by atoms with Gasteiger partial charge < -0.3 is 115 Å². The molecule has 0 saturated carbocycles. The quantitative estimate of drug-likeness (QED) is 0.00956. The van der Waals surface area contributed by atoms with Crippen LogP contribution in [-0.2, 0) is 96.8 Å². The van der Waals surface area contributed by atoms with Crippen molar-refractivity contribution in [1.82, 2.24) is 149 Å². The van der Waals surface area contributed by atoms with Crippen LogP contribution in [0.1, 0.15) is 78.4 Å². The molecule has 11 amide bonds. The van der Waals surface area contributed by atoms with E-state index in [0.717, 1.165) is 67.4 Å². The first-order chi connectivity index (χ1) is 65.0. The summed E-state index contributed by atoms with van der Waals surface area (Å²) in [6, 6.07) is -0.288. The minimum Gasteiger partial charge on any atom is -0.383 e. The minimum atomic E-state index is -1.60. The molecular weight excluding hydrogens is 1810 g/mol. The predicted molar refractivity (Wildman–Crippen MR) is 496 cm³/mol. The number of carbonyl (C=O) groups is 12. The highest BCUT2D eigenvalue weighted by molar-refractivity contribution is 5.94. The first-order valence-electron chi connectivity index (χ1n) is 43.2. The van der Waals surface area contributed by atoms with Crippen LogP contribution in [0.5, 0.6) is 0 Å². The minimum absolute atomic E-state index is 0.0102. The van der Waals surface area contributed by atoms with Gasteiger partial charge in [-0.15, -0.1) is 0 Å². The number of amides is 11. The lowest BCUT2D eigenvalue weighted by Gasteiger charge is -2.35. The van der Waals surface area contributed by atoms with Crippen LogP contribution < -0.4 is 122 Å². The molecular formula is C80H116N38O20. The number of guanidine groups is 2. The largest absolute Gasteiger partial charge is 0.383 e. The number of nitrogens with two attached hydrogens (primary N) is 6. The highest BCUT2D eigenvalue weighted by atomic mass is 16.2. The normalized spacial score (nSPS) is 11.8. The maximum absolute atomic E-state index is 15.2. The van der Waals surface area contributed by atoms with Gasteiger partial charge in [-0.2, -0.15) is 19.9 Å². The number of nitrogens with zero attached hydrogens (tertiary/aromatic N) is 18. The number of ketones is 1. The van der Waals surface area contributed by atoms with Crippen LogP contribution in [0.3, 0.4) is 0 Å². The molecule has 0 bridgehead atoms. The smallest absolute Gasteiger partial charge is 0.349 e. The number of aromatic amines is 4. The number of nitrogens with one attached hydrogen (secondary N) is 14.